The van der Waals surface area contributed by atoms with Crippen molar-refractivity contribution in [3.05, 3.63) is 34.9 Å². The first-order chi connectivity index (χ1) is 14.7. The van der Waals surface area contributed by atoms with Crippen molar-refractivity contribution in [2.75, 3.05) is 39.0 Å². The maximum absolute atomic E-state index is 12.9. The van der Waals surface area contributed by atoms with Crippen LogP contribution in [0.25, 0.3) is 0 Å². The quantitative estimate of drug-likeness (QED) is 0.526. The third kappa shape index (κ3) is 9.51. The van der Waals surface area contributed by atoms with Gasteiger partial charge in [-0.15, -0.1) is 24.8 Å². The molecule has 2 unspecified atom stereocenters. The molecule has 0 spiro atoms. The molecule has 1 amide bonds. The molecule has 2 atom stereocenters. The molecule has 1 heterocycles. The fraction of sp³-hybridized carbons (Fsp3) is 0.682. The highest BCUT2D eigenvalue weighted by molar-refractivity contribution is 7.88. The zero-order valence-electron chi connectivity index (χ0n) is 19.1. The van der Waals surface area contributed by atoms with E-state index in [2.05, 4.69) is 9.62 Å². The lowest BCUT2D eigenvalue weighted by molar-refractivity contribution is -0.134. The number of sulfonamides is 1. The van der Waals surface area contributed by atoms with E-state index < -0.39 is 16.1 Å². The van der Waals surface area contributed by atoms with Gasteiger partial charge in [-0.1, -0.05) is 43.0 Å². The highest BCUT2D eigenvalue weighted by Gasteiger charge is 2.33. The molecule has 2 aliphatic rings. The van der Waals surface area contributed by atoms with Gasteiger partial charge in [0.2, 0.25) is 15.9 Å². The van der Waals surface area contributed by atoms with Crippen LogP contribution in [0.5, 0.6) is 0 Å². The maximum Gasteiger partial charge on any atom is 0.239 e. The van der Waals surface area contributed by atoms with E-state index in [1.54, 1.807) is 0 Å². The number of benzene rings is 1. The summed E-state index contributed by atoms with van der Waals surface area (Å²) in [5, 5.41) is 0.664. The number of carbonyl (C=O) groups is 1. The van der Waals surface area contributed by atoms with Gasteiger partial charge in [0.05, 0.1) is 12.3 Å². The summed E-state index contributed by atoms with van der Waals surface area (Å²) in [6.45, 7) is 3.16. The van der Waals surface area contributed by atoms with Crippen LogP contribution >= 0.6 is 36.4 Å². The number of rotatable bonds is 8. The molecule has 33 heavy (non-hydrogen) atoms. The summed E-state index contributed by atoms with van der Waals surface area (Å²) in [6.07, 6.45) is 7.65. The Hall–Kier alpha value is -0.610. The summed E-state index contributed by atoms with van der Waals surface area (Å²) >= 11 is 5.93. The van der Waals surface area contributed by atoms with E-state index >= 15 is 0 Å². The normalized spacial score (nSPS) is 19.8. The number of hydrogen-bond acceptors (Lipinski definition) is 5. The first-order valence-electron chi connectivity index (χ1n) is 11.2. The smallest absolute Gasteiger partial charge is 0.239 e. The number of halogens is 3. The van der Waals surface area contributed by atoms with Crippen LogP contribution in [0.2, 0.25) is 5.02 Å². The first kappa shape index (κ1) is 30.4. The summed E-state index contributed by atoms with van der Waals surface area (Å²) in [6, 6.07) is 7.02. The molecule has 190 valence electrons. The van der Waals surface area contributed by atoms with Crippen LogP contribution in [-0.2, 0) is 21.2 Å². The largest absolute Gasteiger partial charge is 0.339 e. The van der Waals surface area contributed by atoms with E-state index in [1.165, 1.54) is 25.5 Å². The summed E-state index contributed by atoms with van der Waals surface area (Å²) in [5.41, 5.74) is 7.20. The minimum atomic E-state index is -3.23. The Morgan fingerprint density at radius 2 is 1.67 bits per heavy atom. The van der Waals surface area contributed by atoms with Crippen molar-refractivity contribution >= 4 is 52.3 Å². The van der Waals surface area contributed by atoms with E-state index in [0.717, 1.165) is 31.5 Å². The number of piperazine rings is 1. The van der Waals surface area contributed by atoms with Crippen LogP contribution in [0, 0.1) is 5.92 Å². The molecule has 1 aliphatic heterocycles. The lowest BCUT2D eigenvalue weighted by Crippen LogP contribution is -2.58. The van der Waals surface area contributed by atoms with Crippen LogP contribution in [0.4, 0.5) is 0 Å². The summed E-state index contributed by atoms with van der Waals surface area (Å²) in [5.74, 6) is 0.468. The van der Waals surface area contributed by atoms with Crippen molar-refractivity contribution < 1.29 is 13.2 Å². The van der Waals surface area contributed by atoms with Gasteiger partial charge < -0.3 is 10.6 Å². The minimum Gasteiger partial charge on any atom is -0.339 e. The van der Waals surface area contributed by atoms with Crippen LogP contribution in [-0.4, -0.2) is 75.2 Å². The second-order valence-electron chi connectivity index (χ2n) is 8.88. The molecular formula is C22H37Cl3N4O3S. The van der Waals surface area contributed by atoms with Gasteiger partial charge in [0.15, 0.2) is 0 Å². The van der Waals surface area contributed by atoms with Crippen molar-refractivity contribution in [3.63, 3.8) is 0 Å². The van der Waals surface area contributed by atoms with Gasteiger partial charge in [-0.2, -0.15) is 0 Å². The Morgan fingerprint density at radius 3 is 2.21 bits per heavy atom. The van der Waals surface area contributed by atoms with Crippen molar-refractivity contribution in [2.45, 2.75) is 50.6 Å². The average molecular weight is 544 g/mol. The van der Waals surface area contributed by atoms with Gasteiger partial charge in [-0.3, -0.25) is 9.69 Å². The van der Waals surface area contributed by atoms with E-state index in [4.69, 9.17) is 17.3 Å². The van der Waals surface area contributed by atoms with Gasteiger partial charge in [0.25, 0.3) is 0 Å². The third-order valence-electron chi connectivity index (χ3n) is 6.53. The summed E-state index contributed by atoms with van der Waals surface area (Å²) in [4.78, 5) is 17.1. The van der Waals surface area contributed by atoms with E-state index in [0.29, 0.717) is 37.0 Å². The van der Waals surface area contributed by atoms with E-state index in [1.807, 2.05) is 29.2 Å². The minimum absolute atomic E-state index is 0. The van der Waals surface area contributed by atoms with Gasteiger partial charge >= 0.3 is 0 Å². The van der Waals surface area contributed by atoms with E-state index in [9.17, 15) is 13.2 Å². The van der Waals surface area contributed by atoms with Crippen molar-refractivity contribution in [3.8, 4) is 0 Å². The Morgan fingerprint density at radius 1 is 1.09 bits per heavy atom. The SMILES string of the molecule is CS(=O)(=O)NCC(C1CCCCC1)N1CCN(C(=O)C(N)Cc2ccc(Cl)cc2)CC1.Cl.Cl. The fourth-order valence-electron chi connectivity index (χ4n) is 4.82. The molecule has 0 bridgehead atoms. The second kappa shape index (κ2) is 14.1. The van der Waals surface area contributed by atoms with E-state index in [-0.39, 0.29) is 36.8 Å². The first-order valence-corrected chi connectivity index (χ1v) is 13.5. The van der Waals surface area contributed by atoms with Crippen molar-refractivity contribution in [2.24, 2.45) is 11.7 Å². The molecule has 1 aromatic carbocycles. The molecule has 0 aromatic heterocycles. The number of nitrogens with one attached hydrogen (secondary N) is 1. The molecular weight excluding hydrogens is 507 g/mol. The summed E-state index contributed by atoms with van der Waals surface area (Å²) < 4.78 is 26.1. The predicted octanol–water partition coefficient (Wildman–Crippen LogP) is 2.70. The zero-order chi connectivity index (χ0) is 22.4. The van der Waals surface area contributed by atoms with Gasteiger partial charge in [-0.25, -0.2) is 13.1 Å². The lowest BCUT2D eigenvalue weighted by Gasteiger charge is -2.43. The van der Waals surface area contributed by atoms with Crippen LogP contribution < -0.4 is 10.5 Å². The number of carbonyl (C=O) groups excluding carboxylic acids is 1. The molecule has 1 saturated heterocycles. The average Bonchev–Trinajstić information content (AvgIpc) is 2.75. The monoisotopic (exact) mass is 542 g/mol. The molecule has 11 heteroatoms. The lowest BCUT2D eigenvalue weighted by atomic mass is 9.83. The second-order valence-corrected chi connectivity index (χ2v) is 11.2. The number of nitrogens with zero attached hydrogens (tertiary/aromatic N) is 2. The number of hydrogen-bond donors (Lipinski definition) is 2. The Labute approximate surface area is 215 Å². The Kier molecular flexibility index (Phi) is 13.0. The van der Waals surface area contributed by atoms with Crippen LogP contribution in [0.1, 0.15) is 37.7 Å². The van der Waals surface area contributed by atoms with Crippen molar-refractivity contribution in [1.29, 1.82) is 0 Å². The predicted molar refractivity (Wildman–Crippen MR) is 139 cm³/mol. The molecule has 3 N–H and O–H groups in total. The van der Waals surface area contributed by atoms with Gasteiger partial charge in [0, 0.05) is 43.8 Å². The Bertz CT molecular complexity index is 828. The topological polar surface area (TPSA) is 95.7 Å². The Balaban J connectivity index is 0.00000272. The van der Waals surface area contributed by atoms with Crippen LogP contribution in [0.15, 0.2) is 24.3 Å². The fourth-order valence-corrected chi connectivity index (χ4v) is 5.42. The van der Waals surface area contributed by atoms with Crippen LogP contribution in [0.3, 0.4) is 0 Å². The molecule has 2 fully saturated rings. The van der Waals surface area contributed by atoms with Gasteiger partial charge in [-0.05, 0) is 42.9 Å². The molecule has 1 saturated carbocycles. The summed E-state index contributed by atoms with van der Waals surface area (Å²) in [7, 11) is -3.23. The number of nitrogens with two attached hydrogens (primary N) is 1. The number of amides is 1. The molecule has 0 radical (unpaired) electrons. The molecule has 7 nitrogen and oxygen atoms in total. The zero-order valence-corrected chi connectivity index (χ0v) is 22.3. The highest BCUT2D eigenvalue weighted by atomic mass is 35.5. The van der Waals surface area contributed by atoms with Crippen molar-refractivity contribution in [1.82, 2.24) is 14.5 Å². The molecule has 3 rings (SSSR count). The maximum atomic E-state index is 12.9. The molecule has 1 aliphatic carbocycles. The van der Waals surface area contributed by atoms with Gasteiger partial charge in [0.1, 0.15) is 0 Å². The standard InChI is InChI=1S/C22H35ClN4O3S.2ClH/c1-31(29,30)25-16-21(18-5-3-2-4-6-18)26-11-13-27(14-12-26)22(28)20(24)15-17-7-9-19(23)10-8-17;;/h7-10,18,20-21,25H,2-6,11-16,24H2,1H3;2*1H. The third-order valence-corrected chi connectivity index (χ3v) is 7.47. The molecule has 1 aromatic rings. The highest BCUT2D eigenvalue weighted by Crippen LogP contribution is 2.29.